The van der Waals surface area contributed by atoms with Crippen LogP contribution in [0.5, 0.6) is 0 Å². The predicted molar refractivity (Wildman–Crippen MR) is 101 cm³/mol. The zero-order valence-corrected chi connectivity index (χ0v) is 14.9. The number of nitrogens with one attached hydrogen (secondary N) is 1. The second-order valence-electron chi connectivity index (χ2n) is 5.97. The fraction of sp³-hybridized carbons (Fsp3) is 0.105. The number of nitro benzene ring substituents is 1. The van der Waals surface area contributed by atoms with Crippen LogP contribution in [-0.2, 0) is 11.3 Å². The summed E-state index contributed by atoms with van der Waals surface area (Å²) >= 11 is 0. The number of hydrazone groups is 1. The molecule has 0 fully saturated rings. The SMILES string of the molecule is C/C(=N\NC(=O)Cn1cnc(-c2ccc(F)cc2)c1)c1ccc([N+](=O)[O-])cc1. The minimum absolute atomic E-state index is 0.00519. The van der Waals surface area contributed by atoms with Gasteiger partial charge in [-0.25, -0.2) is 14.8 Å². The largest absolute Gasteiger partial charge is 0.327 e. The van der Waals surface area contributed by atoms with Crippen molar-refractivity contribution in [1.29, 1.82) is 0 Å². The Bertz CT molecular complexity index is 1030. The molecule has 2 aromatic carbocycles. The Morgan fingerprint density at radius 2 is 1.89 bits per heavy atom. The van der Waals surface area contributed by atoms with Gasteiger partial charge in [0, 0.05) is 23.9 Å². The zero-order valence-electron chi connectivity index (χ0n) is 14.9. The van der Waals surface area contributed by atoms with Crippen molar-refractivity contribution in [2.24, 2.45) is 5.10 Å². The Morgan fingerprint density at radius 1 is 1.21 bits per heavy atom. The molecule has 0 saturated carbocycles. The first-order valence-corrected chi connectivity index (χ1v) is 8.28. The minimum Gasteiger partial charge on any atom is -0.327 e. The molecule has 0 aliphatic carbocycles. The van der Waals surface area contributed by atoms with Crippen molar-refractivity contribution in [2.75, 3.05) is 0 Å². The summed E-state index contributed by atoms with van der Waals surface area (Å²) in [4.78, 5) is 26.5. The number of amides is 1. The molecule has 0 bridgehead atoms. The van der Waals surface area contributed by atoms with Crippen LogP contribution in [0.3, 0.4) is 0 Å². The van der Waals surface area contributed by atoms with Crippen molar-refractivity contribution in [3.05, 3.63) is 82.6 Å². The number of non-ortho nitro benzene ring substituents is 1. The third-order valence-electron chi connectivity index (χ3n) is 3.94. The van der Waals surface area contributed by atoms with E-state index in [1.165, 1.54) is 30.6 Å². The van der Waals surface area contributed by atoms with E-state index >= 15 is 0 Å². The maximum atomic E-state index is 13.0. The number of carbonyl (C=O) groups is 1. The predicted octanol–water partition coefficient (Wildman–Crippen LogP) is 3.14. The molecule has 142 valence electrons. The number of hydrogen-bond acceptors (Lipinski definition) is 5. The first-order valence-electron chi connectivity index (χ1n) is 8.28. The molecule has 3 aromatic rings. The molecule has 0 saturated heterocycles. The molecule has 1 N–H and O–H groups in total. The maximum Gasteiger partial charge on any atom is 0.269 e. The molecule has 0 aliphatic heterocycles. The van der Waals surface area contributed by atoms with Gasteiger partial charge in [0.1, 0.15) is 12.4 Å². The summed E-state index contributed by atoms with van der Waals surface area (Å²) in [5.41, 5.74) is 4.96. The van der Waals surface area contributed by atoms with Crippen LogP contribution < -0.4 is 5.43 Å². The monoisotopic (exact) mass is 381 g/mol. The molecule has 8 nitrogen and oxygen atoms in total. The van der Waals surface area contributed by atoms with Crippen LogP contribution in [0.1, 0.15) is 12.5 Å². The van der Waals surface area contributed by atoms with Crippen LogP contribution in [0.2, 0.25) is 0 Å². The Labute approximate surface area is 159 Å². The van der Waals surface area contributed by atoms with E-state index in [4.69, 9.17) is 0 Å². The second-order valence-corrected chi connectivity index (χ2v) is 5.97. The molecule has 9 heteroatoms. The number of nitrogens with zero attached hydrogens (tertiary/aromatic N) is 4. The number of aromatic nitrogens is 2. The Morgan fingerprint density at radius 3 is 2.54 bits per heavy atom. The molecule has 3 rings (SSSR count). The first-order chi connectivity index (χ1) is 13.4. The van der Waals surface area contributed by atoms with E-state index in [1.54, 1.807) is 42.0 Å². The van der Waals surface area contributed by atoms with Gasteiger partial charge < -0.3 is 4.57 Å². The Balaban J connectivity index is 1.60. The van der Waals surface area contributed by atoms with Crippen LogP contribution in [-0.4, -0.2) is 26.1 Å². The molecule has 0 unspecified atom stereocenters. The standard InChI is InChI=1S/C19H16FN5O3/c1-13(14-4-8-17(9-5-14)25(27)28)22-23-19(26)11-24-10-18(21-12-24)15-2-6-16(20)7-3-15/h2-10,12H,11H2,1H3,(H,23,26)/b22-13+. The number of rotatable bonds is 6. The van der Waals surface area contributed by atoms with Gasteiger partial charge >= 0.3 is 0 Å². The number of hydrogen-bond donors (Lipinski definition) is 1. The van der Waals surface area contributed by atoms with Crippen molar-refractivity contribution in [3.63, 3.8) is 0 Å². The van der Waals surface area contributed by atoms with Gasteiger partial charge in [0.25, 0.3) is 11.6 Å². The van der Waals surface area contributed by atoms with Gasteiger partial charge in [-0.1, -0.05) is 0 Å². The minimum atomic E-state index is -0.483. The fourth-order valence-electron chi connectivity index (χ4n) is 2.45. The average molecular weight is 381 g/mol. The van der Waals surface area contributed by atoms with Crippen LogP contribution in [0.15, 0.2) is 66.2 Å². The summed E-state index contributed by atoms with van der Waals surface area (Å²) in [5.74, 6) is -0.687. The van der Waals surface area contributed by atoms with Gasteiger partial charge in [0.05, 0.1) is 22.7 Å². The number of benzene rings is 2. The summed E-state index contributed by atoms with van der Waals surface area (Å²) in [6.45, 7) is 1.69. The molecule has 0 aliphatic rings. The van der Waals surface area contributed by atoms with Crippen molar-refractivity contribution in [2.45, 2.75) is 13.5 Å². The smallest absolute Gasteiger partial charge is 0.269 e. The first kappa shape index (κ1) is 18.9. The molecular weight excluding hydrogens is 365 g/mol. The van der Waals surface area contributed by atoms with E-state index in [-0.39, 0.29) is 24.0 Å². The molecule has 28 heavy (non-hydrogen) atoms. The molecule has 1 aromatic heterocycles. The number of carbonyl (C=O) groups excluding carboxylic acids is 1. The highest BCUT2D eigenvalue weighted by molar-refractivity contribution is 5.99. The number of imidazole rings is 1. The fourth-order valence-corrected chi connectivity index (χ4v) is 2.45. The van der Waals surface area contributed by atoms with Crippen LogP contribution in [0, 0.1) is 15.9 Å². The van der Waals surface area contributed by atoms with Gasteiger partial charge in [-0.05, 0) is 48.9 Å². The normalized spacial score (nSPS) is 11.3. The van der Waals surface area contributed by atoms with E-state index in [2.05, 4.69) is 15.5 Å². The lowest BCUT2D eigenvalue weighted by atomic mass is 10.1. The molecular formula is C19H16FN5O3. The molecule has 0 radical (unpaired) electrons. The van der Waals surface area contributed by atoms with Gasteiger partial charge in [-0.15, -0.1) is 0 Å². The van der Waals surface area contributed by atoms with Gasteiger partial charge in [-0.3, -0.25) is 14.9 Å². The van der Waals surface area contributed by atoms with E-state index in [0.717, 1.165) is 5.56 Å². The van der Waals surface area contributed by atoms with Gasteiger partial charge in [-0.2, -0.15) is 5.10 Å². The zero-order chi connectivity index (χ0) is 20.1. The van der Waals surface area contributed by atoms with E-state index in [0.29, 0.717) is 17.0 Å². The Kier molecular flexibility index (Phi) is 5.54. The molecule has 1 amide bonds. The molecule has 0 spiro atoms. The van der Waals surface area contributed by atoms with Crippen molar-refractivity contribution < 1.29 is 14.1 Å². The highest BCUT2D eigenvalue weighted by Gasteiger charge is 2.08. The average Bonchev–Trinajstić information content (AvgIpc) is 3.15. The summed E-state index contributed by atoms with van der Waals surface area (Å²) in [6.07, 6.45) is 3.19. The number of nitro groups is 1. The van der Waals surface area contributed by atoms with E-state index in [9.17, 15) is 19.3 Å². The third-order valence-corrected chi connectivity index (χ3v) is 3.94. The highest BCUT2D eigenvalue weighted by Crippen LogP contribution is 2.17. The summed E-state index contributed by atoms with van der Waals surface area (Å²) in [6, 6.07) is 11.8. The lowest BCUT2D eigenvalue weighted by molar-refractivity contribution is -0.384. The van der Waals surface area contributed by atoms with Crippen molar-refractivity contribution in [1.82, 2.24) is 15.0 Å². The number of halogens is 1. The van der Waals surface area contributed by atoms with E-state index < -0.39 is 4.92 Å². The summed E-state index contributed by atoms with van der Waals surface area (Å²) in [5, 5.41) is 14.7. The quantitative estimate of drug-likeness (QED) is 0.402. The topological polar surface area (TPSA) is 102 Å². The Hall–Kier alpha value is -3.88. The van der Waals surface area contributed by atoms with Gasteiger partial charge in [0.2, 0.25) is 0 Å². The molecule has 1 heterocycles. The van der Waals surface area contributed by atoms with Gasteiger partial charge in [0.15, 0.2) is 0 Å². The van der Waals surface area contributed by atoms with E-state index in [1.807, 2.05) is 0 Å². The summed E-state index contributed by atoms with van der Waals surface area (Å²) < 4.78 is 14.6. The maximum absolute atomic E-state index is 13.0. The lowest BCUT2D eigenvalue weighted by Crippen LogP contribution is -2.23. The van der Waals surface area contributed by atoms with Crippen molar-refractivity contribution >= 4 is 17.3 Å². The highest BCUT2D eigenvalue weighted by atomic mass is 19.1. The van der Waals surface area contributed by atoms with Crippen LogP contribution in [0.25, 0.3) is 11.3 Å². The van der Waals surface area contributed by atoms with Crippen molar-refractivity contribution in [3.8, 4) is 11.3 Å². The lowest BCUT2D eigenvalue weighted by Gasteiger charge is -2.03. The molecule has 0 atom stereocenters. The third kappa shape index (κ3) is 4.64. The van der Waals surface area contributed by atoms with Crippen LogP contribution >= 0.6 is 0 Å². The summed E-state index contributed by atoms with van der Waals surface area (Å²) in [7, 11) is 0. The second kappa shape index (κ2) is 8.21. The van der Waals surface area contributed by atoms with Crippen LogP contribution in [0.4, 0.5) is 10.1 Å².